The van der Waals surface area contributed by atoms with Crippen LogP contribution >= 0.6 is 0 Å². The van der Waals surface area contributed by atoms with Crippen molar-refractivity contribution in [3.8, 4) is 0 Å². The van der Waals surface area contributed by atoms with Gasteiger partial charge in [-0.25, -0.2) is 0 Å². The molecule has 0 heterocycles. The van der Waals surface area contributed by atoms with Gasteiger partial charge in [-0.1, -0.05) is 0 Å². The fraction of sp³-hybridized carbons (Fsp3) is 0. The van der Waals surface area contributed by atoms with Crippen molar-refractivity contribution in [1.29, 1.82) is 21.0 Å². The van der Waals surface area contributed by atoms with E-state index in [-0.39, 0.29) is 122 Å². The molecule has 0 atom stereocenters. The Labute approximate surface area is 165 Å². The molecule has 0 aliphatic carbocycles. The SMILES string of the molecule is [C-]#N.[C-]#N.[C-]#N.[C-]#N.[K+].[K+].[Zn+2]. The van der Waals surface area contributed by atoms with Crippen LogP contribution in [0.1, 0.15) is 0 Å². The van der Waals surface area contributed by atoms with E-state index < -0.39 is 0 Å². The molecule has 40 valence electrons. The van der Waals surface area contributed by atoms with Gasteiger partial charge in [0.05, 0.1) is 0 Å². The summed E-state index contributed by atoms with van der Waals surface area (Å²) >= 11 is 0. The van der Waals surface area contributed by atoms with Crippen molar-refractivity contribution in [1.82, 2.24) is 0 Å². The minimum atomic E-state index is 0. The molecule has 0 aliphatic rings. The summed E-state index contributed by atoms with van der Waals surface area (Å²) in [5.41, 5.74) is 0. The molecule has 0 rings (SSSR count). The van der Waals surface area contributed by atoms with E-state index in [1.165, 1.54) is 0 Å². The molecule has 0 aromatic carbocycles. The predicted molar refractivity (Wildman–Crippen MR) is 19.9 cm³/mol. The van der Waals surface area contributed by atoms with E-state index in [0.29, 0.717) is 0 Å². The maximum absolute atomic E-state index is 6.25. The summed E-state index contributed by atoms with van der Waals surface area (Å²) in [5, 5.41) is 25.0. The molecule has 7 heteroatoms. The number of hydrogen-bond donors (Lipinski definition) is 0. The minimum absolute atomic E-state index is 0. The van der Waals surface area contributed by atoms with Gasteiger partial charge in [0, 0.05) is 0 Å². The molecule has 0 radical (unpaired) electrons. The van der Waals surface area contributed by atoms with Crippen molar-refractivity contribution in [2.45, 2.75) is 0 Å². The maximum Gasteiger partial charge on any atom is 2.00 e. The molecule has 0 aromatic heterocycles. The zero-order chi connectivity index (χ0) is 8.00. The Balaban J connectivity index is -0.00000000356. The molecule has 4 nitrogen and oxygen atoms in total. The Morgan fingerprint density at radius 2 is 0.455 bits per heavy atom. The van der Waals surface area contributed by atoms with Gasteiger partial charge in [-0.3, -0.25) is 0 Å². The van der Waals surface area contributed by atoms with Gasteiger partial charge >= 0.3 is 122 Å². The second kappa shape index (κ2) is 406. The van der Waals surface area contributed by atoms with Crippen LogP contribution in [-0.2, 0) is 19.5 Å². The van der Waals surface area contributed by atoms with Crippen LogP contribution in [0.2, 0.25) is 0 Å². The van der Waals surface area contributed by atoms with Gasteiger partial charge in [-0.05, 0) is 0 Å². The number of nitrogens with zero attached hydrogens (tertiary/aromatic N) is 4. The summed E-state index contributed by atoms with van der Waals surface area (Å²) in [6.45, 7) is 19.0. The van der Waals surface area contributed by atoms with Crippen LogP contribution in [0.5, 0.6) is 0 Å². The Morgan fingerprint density at radius 3 is 0.455 bits per heavy atom. The van der Waals surface area contributed by atoms with E-state index in [1.54, 1.807) is 0 Å². The molecule has 0 fully saturated rings. The van der Waals surface area contributed by atoms with Gasteiger partial charge in [0.1, 0.15) is 0 Å². The van der Waals surface area contributed by atoms with Crippen molar-refractivity contribution in [3.63, 3.8) is 0 Å². The van der Waals surface area contributed by atoms with E-state index in [1.807, 2.05) is 0 Å². The number of hydrogen-bond acceptors (Lipinski definition) is 4. The number of rotatable bonds is 0. The average Bonchev–Trinajstić information content (AvgIpc) is 2.03. The normalized spacial score (nSPS) is 0.727. The summed E-state index contributed by atoms with van der Waals surface area (Å²) in [7, 11) is 0. The van der Waals surface area contributed by atoms with Crippen LogP contribution in [0.15, 0.2) is 0 Å². The van der Waals surface area contributed by atoms with Crippen molar-refractivity contribution < 1.29 is 122 Å². The van der Waals surface area contributed by atoms with E-state index in [4.69, 9.17) is 47.3 Å². The Kier molecular flexibility index (Phi) is 1940. The Hall–Kier alpha value is 1.86. The molecule has 0 aliphatic heterocycles. The minimum Gasteiger partial charge on any atom is -0.512 e. The van der Waals surface area contributed by atoms with E-state index in [9.17, 15) is 0 Å². The Morgan fingerprint density at radius 1 is 0.455 bits per heavy atom. The summed E-state index contributed by atoms with van der Waals surface area (Å²) in [5.74, 6) is 0. The molecule has 0 bridgehead atoms. The quantitative estimate of drug-likeness (QED) is 0.315. The zero-order valence-electron chi connectivity index (χ0n) is 6.50. The topological polar surface area (TPSA) is 95.2 Å². The van der Waals surface area contributed by atoms with Gasteiger partial charge in [0.25, 0.3) is 0 Å². The second-order valence-corrected chi connectivity index (χ2v) is 0. The standard InChI is InChI=1S/4CN.2K.Zn/c4*1-2;;;/q4*-1;2*+1;+2. The molecule has 0 amide bonds. The zero-order valence-corrected chi connectivity index (χ0v) is 15.7. The van der Waals surface area contributed by atoms with Gasteiger partial charge in [0.2, 0.25) is 0 Å². The maximum atomic E-state index is 6.25. The third kappa shape index (κ3) is 334. The molecule has 0 saturated carbocycles. The van der Waals surface area contributed by atoms with Crippen LogP contribution in [0, 0.1) is 47.3 Å². The van der Waals surface area contributed by atoms with Crippen LogP contribution in [-0.4, -0.2) is 0 Å². The van der Waals surface area contributed by atoms with Gasteiger partial charge in [-0.15, -0.1) is 0 Å². The third-order valence-electron chi connectivity index (χ3n) is 0. The van der Waals surface area contributed by atoms with Crippen LogP contribution in [0.3, 0.4) is 0 Å². The summed E-state index contributed by atoms with van der Waals surface area (Å²) in [6, 6.07) is 0. The van der Waals surface area contributed by atoms with Gasteiger partial charge in [0.15, 0.2) is 0 Å². The first-order chi connectivity index (χ1) is 4.00. The molecular weight excluding hydrogens is 248 g/mol. The summed E-state index contributed by atoms with van der Waals surface area (Å²) in [6.07, 6.45) is 0. The van der Waals surface area contributed by atoms with Crippen LogP contribution in [0.25, 0.3) is 0 Å². The summed E-state index contributed by atoms with van der Waals surface area (Å²) in [4.78, 5) is 0. The third-order valence-corrected chi connectivity index (χ3v) is 0. The summed E-state index contributed by atoms with van der Waals surface area (Å²) < 4.78 is 0. The van der Waals surface area contributed by atoms with Crippen LogP contribution < -0.4 is 103 Å². The van der Waals surface area contributed by atoms with Gasteiger partial charge in [-0.2, -0.15) is 0 Å². The van der Waals surface area contributed by atoms with Gasteiger partial charge < -0.3 is 47.3 Å². The molecule has 11 heavy (non-hydrogen) atoms. The smallest absolute Gasteiger partial charge is 0.512 e. The van der Waals surface area contributed by atoms with Crippen molar-refractivity contribution >= 4 is 0 Å². The van der Waals surface area contributed by atoms with Crippen molar-refractivity contribution in [3.05, 3.63) is 26.3 Å². The first-order valence-corrected chi connectivity index (χ1v) is 0.894. The molecule has 0 unspecified atom stereocenters. The van der Waals surface area contributed by atoms with E-state index >= 15 is 0 Å². The van der Waals surface area contributed by atoms with E-state index in [2.05, 4.69) is 0 Å². The van der Waals surface area contributed by atoms with E-state index in [0.717, 1.165) is 0 Å². The molecule has 0 spiro atoms. The first-order valence-electron chi connectivity index (χ1n) is 0.894. The Bertz CT molecular complexity index is 63.1. The fourth-order valence-corrected chi connectivity index (χ4v) is 0. The van der Waals surface area contributed by atoms with Crippen LogP contribution in [0.4, 0.5) is 0 Å². The molecular formula is C4K2N4Zn. The second-order valence-electron chi connectivity index (χ2n) is 0. The molecule has 0 N–H and O–H groups in total. The molecule has 0 saturated heterocycles. The fourth-order valence-electron chi connectivity index (χ4n) is 0. The van der Waals surface area contributed by atoms with Crippen molar-refractivity contribution in [2.24, 2.45) is 0 Å². The average molecular weight is 248 g/mol. The monoisotopic (exact) mass is 246 g/mol. The van der Waals surface area contributed by atoms with Crippen molar-refractivity contribution in [2.75, 3.05) is 0 Å². The predicted octanol–water partition coefficient (Wildman–Crippen LogP) is -5.61. The first kappa shape index (κ1) is 52.7. The largest absolute Gasteiger partial charge is 2.00 e. The molecule has 0 aromatic rings.